The average Bonchev–Trinajstić information content (AvgIpc) is 2.89. The molecule has 7 nitrogen and oxygen atoms in total. The van der Waals surface area contributed by atoms with Crippen LogP contribution in [0.15, 0.2) is 117 Å². The summed E-state index contributed by atoms with van der Waals surface area (Å²) in [6, 6.07) is 24.3. The van der Waals surface area contributed by atoms with Crippen molar-refractivity contribution in [3.05, 3.63) is 103 Å². The van der Waals surface area contributed by atoms with Gasteiger partial charge in [0.25, 0.3) is 0 Å². The topological polar surface area (TPSA) is 87.6 Å². The number of aryl methyl sites for hydroxylation is 1. The van der Waals surface area contributed by atoms with Crippen LogP contribution in [-0.4, -0.2) is 31.3 Å². The van der Waals surface area contributed by atoms with Gasteiger partial charge in [-0.2, -0.15) is 12.0 Å². The summed E-state index contributed by atoms with van der Waals surface area (Å²) in [6.07, 6.45) is 2.80. The first-order chi connectivity index (χ1) is 17.3. The maximum absolute atomic E-state index is 13.7. The van der Waals surface area contributed by atoms with E-state index < -0.39 is 26.7 Å². The molecular weight excluding hydrogens is 496 g/mol. The second kappa shape index (κ2) is 11.2. The molecule has 2 heterocycles. The minimum atomic E-state index is -4.21. The zero-order valence-corrected chi connectivity index (χ0v) is 21.9. The quantitative estimate of drug-likeness (QED) is 0.230. The summed E-state index contributed by atoms with van der Waals surface area (Å²) in [5.74, 6) is 0.580. The number of hydrogen-bond donors (Lipinski definition) is 0. The summed E-state index contributed by atoms with van der Waals surface area (Å²) >= 11 is 0. The van der Waals surface area contributed by atoms with E-state index in [1.54, 1.807) is 85.2 Å². The van der Waals surface area contributed by atoms with Gasteiger partial charge < -0.3 is 9.47 Å². The molecule has 0 aliphatic carbocycles. The Kier molecular flexibility index (Phi) is 8.05. The molecule has 0 amide bonds. The third-order valence-corrected chi connectivity index (χ3v) is 10.2. The maximum Gasteiger partial charge on any atom is 0.307 e. The molecule has 0 N–H and O–H groups in total. The third-order valence-electron chi connectivity index (χ3n) is 5.22. The first kappa shape index (κ1) is 25.8. The van der Waals surface area contributed by atoms with E-state index in [4.69, 9.17) is 13.1 Å². The lowest BCUT2D eigenvalue weighted by atomic mass is 10.2. The van der Waals surface area contributed by atoms with Crippen LogP contribution in [0.2, 0.25) is 0 Å². The molecule has 1 atom stereocenters. The van der Waals surface area contributed by atoms with Gasteiger partial charge in [-0.25, -0.2) is 9.97 Å². The van der Waals surface area contributed by atoms with Crippen LogP contribution in [0.25, 0.3) is 0 Å². The Balaban J connectivity index is 1.89. The van der Waals surface area contributed by atoms with Crippen LogP contribution >= 0.6 is 10.3 Å². The van der Waals surface area contributed by atoms with E-state index in [1.807, 2.05) is 20.8 Å². The summed E-state index contributed by atoms with van der Waals surface area (Å²) in [7, 11) is -7.11. The van der Waals surface area contributed by atoms with Crippen molar-refractivity contribution >= 4 is 20.4 Å². The molecule has 0 radical (unpaired) electrons. The van der Waals surface area contributed by atoms with Gasteiger partial charge in [-0.1, -0.05) is 29.8 Å². The zero-order chi connectivity index (χ0) is 25.6. The highest BCUT2D eigenvalue weighted by Gasteiger charge is 2.40. The van der Waals surface area contributed by atoms with E-state index in [9.17, 15) is 8.42 Å². The van der Waals surface area contributed by atoms with Gasteiger partial charge in [0.15, 0.2) is 6.29 Å². The summed E-state index contributed by atoms with van der Waals surface area (Å²) in [5.41, 5.74) is 0.943. The molecule has 0 saturated heterocycles. The zero-order valence-electron chi connectivity index (χ0n) is 20.3. The van der Waals surface area contributed by atoms with Crippen LogP contribution in [-0.2, 0) is 18.5 Å². The highest BCUT2D eigenvalue weighted by Crippen LogP contribution is 2.69. The molecule has 0 aliphatic heterocycles. The minimum Gasteiger partial charge on any atom is -0.465 e. The summed E-state index contributed by atoms with van der Waals surface area (Å²) in [5, 5.41) is 0.909. The largest absolute Gasteiger partial charge is 0.465 e. The van der Waals surface area contributed by atoms with Gasteiger partial charge in [0, 0.05) is 34.2 Å². The molecule has 0 spiro atoms. The number of nitrogens with zero attached hydrogens (tertiary/aromatic N) is 2. The smallest absolute Gasteiger partial charge is 0.307 e. The molecular formula is C27H28N2O5S2. The van der Waals surface area contributed by atoms with Gasteiger partial charge >= 0.3 is 10.1 Å². The average molecular weight is 525 g/mol. The highest BCUT2D eigenvalue weighted by molar-refractivity contribution is 8.33. The van der Waals surface area contributed by atoms with Crippen LogP contribution in [0.4, 0.5) is 0 Å². The second-order valence-electron chi connectivity index (χ2n) is 7.84. The number of benzene rings is 2. The molecule has 2 aromatic carbocycles. The maximum atomic E-state index is 13.7. The molecule has 4 aromatic rings. The van der Waals surface area contributed by atoms with Gasteiger partial charge in [0.05, 0.1) is 4.90 Å². The Morgan fingerprint density at radius 3 is 1.83 bits per heavy atom. The predicted octanol–water partition coefficient (Wildman–Crippen LogP) is 6.15. The van der Waals surface area contributed by atoms with Crippen molar-refractivity contribution in [2.45, 2.75) is 46.9 Å². The van der Waals surface area contributed by atoms with Crippen molar-refractivity contribution in [3.8, 4) is 5.75 Å². The van der Waals surface area contributed by atoms with Crippen molar-refractivity contribution in [1.82, 2.24) is 9.97 Å². The van der Waals surface area contributed by atoms with E-state index in [1.165, 1.54) is 12.1 Å². The van der Waals surface area contributed by atoms with Gasteiger partial charge in [0.2, 0.25) is 0 Å². The first-order valence-electron chi connectivity index (χ1n) is 11.4. The van der Waals surface area contributed by atoms with Crippen molar-refractivity contribution in [2.75, 3.05) is 6.61 Å². The summed E-state index contributed by atoms with van der Waals surface area (Å²) in [6.45, 7) is 6.12. The predicted molar refractivity (Wildman–Crippen MR) is 138 cm³/mol. The van der Waals surface area contributed by atoms with Crippen LogP contribution in [0.1, 0.15) is 19.4 Å². The lowest BCUT2D eigenvalue weighted by Gasteiger charge is -2.37. The van der Waals surface area contributed by atoms with E-state index in [-0.39, 0.29) is 4.90 Å². The standard InChI is InChI=1S/C27H28N2O5S2/c1-4-32-22(3)33-23-13-17-24(18-14-23)35(26-9-5-7-19-28-26,27-10-6-8-20-29-27)34-36(30,31)25-15-11-21(2)12-16-25/h5-20,22H,4H2,1-3H3. The molecule has 0 aliphatic rings. The fourth-order valence-electron chi connectivity index (χ4n) is 3.54. The normalized spacial score (nSPS) is 13.2. The lowest BCUT2D eigenvalue weighted by Crippen LogP contribution is -2.17. The van der Waals surface area contributed by atoms with Crippen molar-refractivity contribution in [2.24, 2.45) is 0 Å². The molecule has 0 fully saturated rings. The highest BCUT2D eigenvalue weighted by atomic mass is 32.3. The second-order valence-corrected chi connectivity index (χ2v) is 12.2. The van der Waals surface area contributed by atoms with Crippen molar-refractivity contribution in [1.29, 1.82) is 0 Å². The molecule has 1 unspecified atom stereocenters. The Morgan fingerprint density at radius 2 is 1.33 bits per heavy atom. The number of rotatable bonds is 10. The number of ether oxygens (including phenoxy) is 2. The van der Waals surface area contributed by atoms with Gasteiger partial charge in [-0.05, 0) is 81.4 Å². The van der Waals surface area contributed by atoms with Crippen molar-refractivity contribution < 1.29 is 21.5 Å². The Morgan fingerprint density at radius 1 is 0.778 bits per heavy atom. The van der Waals surface area contributed by atoms with E-state index >= 15 is 0 Å². The van der Waals surface area contributed by atoms with E-state index in [0.29, 0.717) is 27.3 Å². The lowest BCUT2D eigenvalue weighted by molar-refractivity contribution is -0.0613. The summed E-state index contributed by atoms with van der Waals surface area (Å²) < 4.78 is 44.8. The Bertz CT molecular complexity index is 1330. The molecule has 0 saturated carbocycles. The van der Waals surface area contributed by atoms with E-state index in [2.05, 4.69) is 9.97 Å². The van der Waals surface area contributed by atoms with Crippen molar-refractivity contribution in [3.63, 3.8) is 0 Å². The number of hydrogen-bond acceptors (Lipinski definition) is 7. The van der Waals surface area contributed by atoms with E-state index in [0.717, 1.165) is 5.56 Å². The fourth-order valence-corrected chi connectivity index (χ4v) is 8.45. The minimum absolute atomic E-state index is 0.0577. The number of aromatic nitrogens is 2. The van der Waals surface area contributed by atoms with Crippen LogP contribution in [0.3, 0.4) is 0 Å². The first-order valence-corrected chi connectivity index (χ1v) is 14.4. The summed E-state index contributed by atoms with van der Waals surface area (Å²) in [4.78, 5) is 9.76. The third kappa shape index (κ3) is 5.60. The molecule has 0 bridgehead atoms. The molecule has 36 heavy (non-hydrogen) atoms. The van der Waals surface area contributed by atoms with Crippen LogP contribution in [0.5, 0.6) is 5.75 Å². The van der Waals surface area contributed by atoms with Crippen LogP contribution < -0.4 is 4.74 Å². The van der Waals surface area contributed by atoms with Crippen LogP contribution in [0, 0.1) is 6.92 Å². The van der Waals surface area contributed by atoms with Gasteiger partial charge in [-0.15, -0.1) is 0 Å². The molecule has 2 aromatic heterocycles. The monoisotopic (exact) mass is 524 g/mol. The van der Waals surface area contributed by atoms with Gasteiger partial charge in [-0.3, -0.25) is 0 Å². The molecule has 4 rings (SSSR count). The SMILES string of the molecule is CCOC(C)Oc1ccc(S(OS(=O)(=O)c2ccc(C)cc2)(c2ccccn2)c2ccccn2)cc1. The fraction of sp³-hybridized carbons (Fsp3) is 0.185. The Hall–Kier alpha value is -3.24. The van der Waals surface area contributed by atoms with Gasteiger partial charge in [0.1, 0.15) is 15.8 Å². The number of pyridine rings is 2. The molecule has 9 heteroatoms. The Labute approximate surface area is 213 Å². The molecule has 188 valence electrons.